The molecule has 0 heterocycles. The van der Waals surface area contributed by atoms with Crippen molar-refractivity contribution < 1.29 is 14.6 Å². The topological polar surface area (TPSA) is 46.5 Å². The summed E-state index contributed by atoms with van der Waals surface area (Å²) in [5.41, 5.74) is 1.61. The van der Waals surface area contributed by atoms with Crippen molar-refractivity contribution in [2.24, 2.45) is 5.92 Å². The van der Waals surface area contributed by atoms with Gasteiger partial charge in [-0.2, -0.15) is 0 Å². The predicted octanol–water partition coefficient (Wildman–Crippen LogP) is 1.82. The number of ether oxygens (including phenoxy) is 1. The molecule has 0 aromatic heterocycles. The SMILES string of the molecule is C=C(C)[C@@H]1C[C@H](O)C(=C)[C@H](OC(C)=O)C1. The second-order valence-corrected chi connectivity index (χ2v) is 4.20. The Morgan fingerprint density at radius 2 is 2.07 bits per heavy atom. The summed E-state index contributed by atoms with van der Waals surface area (Å²) in [5.74, 6) is -0.134. The normalized spacial score (nSPS) is 31.1. The maximum absolute atomic E-state index is 10.9. The largest absolute Gasteiger partial charge is 0.458 e. The van der Waals surface area contributed by atoms with E-state index in [-0.39, 0.29) is 18.0 Å². The molecule has 0 radical (unpaired) electrons. The van der Waals surface area contributed by atoms with Gasteiger partial charge in [0.1, 0.15) is 6.10 Å². The number of esters is 1. The van der Waals surface area contributed by atoms with Crippen LogP contribution in [0.15, 0.2) is 24.3 Å². The molecular weight excluding hydrogens is 192 g/mol. The van der Waals surface area contributed by atoms with Gasteiger partial charge < -0.3 is 9.84 Å². The summed E-state index contributed by atoms with van der Waals surface area (Å²) >= 11 is 0. The van der Waals surface area contributed by atoms with Crippen LogP contribution >= 0.6 is 0 Å². The van der Waals surface area contributed by atoms with Gasteiger partial charge in [-0.05, 0) is 31.3 Å². The standard InChI is InChI=1S/C12H18O3/c1-7(2)10-5-11(14)8(3)12(6-10)15-9(4)13/h10-12,14H,1,3,5-6H2,2,4H3/t10-,11+,12-/m1/s1. The van der Waals surface area contributed by atoms with Gasteiger partial charge in [0.15, 0.2) is 0 Å². The molecule has 1 aliphatic rings. The number of hydrogen-bond acceptors (Lipinski definition) is 3. The average Bonchev–Trinajstić information content (AvgIpc) is 2.11. The van der Waals surface area contributed by atoms with Crippen molar-refractivity contribution in [3.63, 3.8) is 0 Å². The number of aliphatic hydroxyl groups excluding tert-OH is 1. The lowest BCUT2D eigenvalue weighted by Gasteiger charge is -2.34. The van der Waals surface area contributed by atoms with E-state index in [1.54, 1.807) is 0 Å². The van der Waals surface area contributed by atoms with Crippen LogP contribution in [0.4, 0.5) is 0 Å². The maximum Gasteiger partial charge on any atom is 0.303 e. The molecular formula is C12H18O3. The summed E-state index contributed by atoms with van der Waals surface area (Å²) in [6, 6.07) is 0. The van der Waals surface area contributed by atoms with Gasteiger partial charge >= 0.3 is 5.97 Å². The monoisotopic (exact) mass is 210 g/mol. The molecule has 15 heavy (non-hydrogen) atoms. The van der Waals surface area contributed by atoms with Crippen LogP contribution in [0.1, 0.15) is 26.7 Å². The molecule has 0 aromatic carbocycles. The Morgan fingerprint density at radius 3 is 2.53 bits per heavy atom. The Morgan fingerprint density at radius 1 is 1.47 bits per heavy atom. The lowest BCUT2D eigenvalue weighted by molar-refractivity contribution is -0.146. The molecule has 3 heteroatoms. The van der Waals surface area contributed by atoms with Gasteiger partial charge in [-0.15, -0.1) is 0 Å². The molecule has 3 atom stereocenters. The smallest absolute Gasteiger partial charge is 0.303 e. The molecule has 3 nitrogen and oxygen atoms in total. The highest BCUT2D eigenvalue weighted by Crippen LogP contribution is 2.33. The van der Waals surface area contributed by atoms with E-state index in [0.717, 1.165) is 5.57 Å². The number of carbonyl (C=O) groups excluding carboxylic acids is 1. The van der Waals surface area contributed by atoms with Crippen molar-refractivity contribution in [3.8, 4) is 0 Å². The summed E-state index contributed by atoms with van der Waals surface area (Å²) in [4.78, 5) is 10.9. The van der Waals surface area contributed by atoms with E-state index >= 15 is 0 Å². The second kappa shape index (κ2) is 4.62. The van der Waals surface area contributed by atoms with Crippen molar-refractivity contribution in [1.29, 1.82) is 0 Å². The van der Waals surface area contributed by atoms with Crippen LogP contribution in [0, 0.1) is 5.92 Å². The highest BCUT2D eigenvalue weighted by Gasteiger charge is 2.32. The molecule has 0 aliphatic heterocycles. The quantitative estimate of drug-likeness (QED) is 0.558. The fraction of sp³-hybridized carbons (Fsp3) is 0.583. The molecule has 1 saturated carbocycles. The van der Waals surface area contributed by atoms with Crippen LogP contribution in [0.2, 0.25) is 0 Å². The molecule has 1 rings (SSSR count). The summed E-state index contributed by atoms with van der Waals surface area (Å²) in [7, 11) is 0. The molecule has 1 fully saturated rings. The van der Waals surface area contributed by atoms with Gasteiger partial charge in [-0.1, -0.05) is 18.7 Å². The van der Waals surface area contributed by atoms with Crippen LogP contribution in [0.25, 0.3) is 0 Å². The van der Waals surface area contributed by atoms with E-state index in [0.29, 0.717) is 18.4 Å². The Bertz CT molecular complexity index is 293. The minimum Gasteiger partial charge on any atom is -0.458 e. The predicted molar refractivity (Wildman–Crippen MR) is 58.2 cm³/mol. The highest BCUT2D eigenvalue weighted by molar-refractivity contribution is 5.66. The van der Waals surface area contributed by atoms with Crippen molar-refractivity contribution >= 4 is 5.97 Å². The molecule has 0 unspecified atom stereocenters. The number of aliphatic hydroxyl groups is 1. The first-order valence-corrected chi connectivity index (χ1v) is 5.11. The molecule has 0 amide bonds. The van der Waals surface area contributed by atoms with Gasteiger partial charge in [-0.3, -0.25) is 4.79 Å². The van der Waals surface area contributed by atoms with Crippen LogP contribution in [-0.2, 0) is 9.53 Å². The molecule has 1 N–H and O–H groups in total. The Hall–Kier alpha value is -1.09. The maximum atomic E-state index is 10.9. The first-order valence-electron chi connectivity index (χ1n) is 5.11. The van der Waals surface area contributed by atoms with Crippen molar-refractivity contribution in [3.05, 3.63) is 24.3 Å². The Labute approximate surface area is 90.4 Å². The molecule has 84 valence electrons. The fourth-order valence-corrected chi connectivity index (χ4v) is 1.87. The first kappa shape index (κ1) is 12.0. The van der Waals surface area contributed by atoms with Gasteiger partial charge in [0, 0.05) is 6.92 Å². The van der Waals surface area contributed by atoms with Gasteiger partial charge in [0.2, 0.25) is 0 Å². The van der Waals surface area contributed by atoms with Crippen molar-refractivity contribution in [2.45, 2.75) is 38.9 Å². The first-order chi connectivity index (χ1) is 6.91. The van der Waals surface area contributed by atoms with Crippen LogP contribution < -0.4 is 0 Å². The second-order valence-electron chi connectivity index (χ2n) is 4.20. The van der Waals surface area contributed by atoms with Crippen LogP contribution in [0.3, 0.4) is 0 Å². The summed E-state index contributed by atoms with van der Waals surface area (Å²) in [6.45, 7) is 10.9. The summed E-state index contributed by atoms with van der Waals surface area (Å²) in [6.07, 6.45) is 0.356. The summed E-state index contributed by atoms with van der Waals surface area (Å²) < 4.78 is 5.11. The van der Waals surface area contributed by atoms with Crippen LogP contribution in [-0.4, -0.2) is 23.3 Å². The van der Waals surface area contributed by atoms with E-state index in [9.17, 15) is 9.90 Å². The van der Waals surface area contributed by atoms with E-state index < -0.39 is 6.10 Å². The average molecular weight is 210 g/mol. The lowest BCUT2D eigenvalue weighted by atomic mass is 9.79. The summed E-state index contributed by atoms with van der Waals surface area (Å²) in [5, 5.41) is 9.75. The number of rotatable bonds is 2. The van der Waals surface area contributed by atoms with Crippen LogP contribution in [0.5, 0.6) is 0 Å². The van der Waals surface area contributed by atoms with Gasteiger partial charge in [0.05, 0.1) is 6.10 Å². The van der Waals surface area contributed by atoms with Gasteiger partial charge in [0.25, 0.3) is 0 Å². The van der Waals surface area contributed by atoms with Crippen molar-refractivity contribution in [1.82, 2.24) is 0 Å². The third-order valence-electron chi connectivity index (χ3n) is 2.85. The zero-order valence-electron chi connectivity index (χ0n) is 9.32. The van der Waals surface area contributed by atoms with E-state index in [4.69, 9.17) is 4.74 Å². The molecule has 0 saturated heterocycles. The van der Waals surface area contributed by atoms with E-state index in [1.165, 1.54) is 6.92 Å². The molecule has 0 aromatic rings. The molecule has 1 aliphatic carbocycles. The lowest BCUT2D eigenvalue weighted by Crippen LogP contribution is -2.35. The zero-order chi connectivity index (χ0) is 11.6. The number of hydrogen-bond donors (Lipinski definition) is 1. The fourth-order valence-electron chi connectivity index (χ4n) is 1.87. The zero-order valence-corrected chi connectivity index (χ0v) is 9.32. The minimum atomic E-state index is -0.593. The number of carbonyl (C=O) groups is 1. The number of allylic oxidation sites excluding steroid dienone is 1. The van der Waals surface area contributed by atoms with Crippen molar-refractivity contribution in [2.75, 3.05) is 0 Å². The van der Waals surface area contributed by atoms with E-state index in [1.807, 2.05) is 6.92 Å². The third kappa shape index (κ3) is 2.93. The molecule has 0 bridgehead atoms. The Balaban J connectivity index is 2.72. The minimum absolute atomic E-state index is 0.204. The molecule has 0 spiro atoms. The van der Waals surface area contributed by atoms with Gasteiger partial charge in [-0.25, -0.2) is 0 Å². The third-order valence-corrected chi connectivity index (χ3v) is 2.85. The highest BCUT2D eigenvalue weighted by atomic mass is 16.5. The Kier molecular flexibility index (Phi) is 3.69. The van der Waals surface area contributed by atoms with E-state index in [2.05, 4.69) is 13.2 Å².